The average Bonchev–Trinajstić information content (AvgIpc) is 2.48. The van der Waals surface area contributed by atoms with Crippen molar-refractivity contribution in [2.75, 3.05) is 0 Å². The number of aromatic nitrogens is 1. The van der Waals surface area contributed by atoms with Crippen LogP contribution < -0.4 is 0 Å². The Labute approximate surface area is 100 Å². The zero-order valence-corrected chi connectivity index (χ0v) is 11.4. The first-order chi connectivity index (χ1) is 7.67. The van der Waals surface area contributed by atoms with Crippen molar-refractivity contribution < 1.29 is 0 Å². The van der Waals surface area contributed by atoms with E-state index < -0.39 is 0 Å². The molecule has 1 heteroatoms. The zero-order chi connectivity index (χ0) is 12.1. The first-order valence-electron chi connectivity index (χ1n) is 6.48. The summed E-state index contributed by atoms with van der Waals surface area (Å²) in [6, 6.07) is 0. The second-order valence-corrected chi connectivity index (χ2v) is 4.48. The van der Waals surface area contributed by atoms with Crippen LogP contribution in [0, 0.1) is 13.8 Å². The third-order valence-corrected chi connectivity index (χ3v) is 3.25. The van der Waals surface area contributed by atoms with E-state index in [4.69, 9.17) is 0 Å². The van der Waals surface area contributed by atoms with Crippen molar-refractivity contribution in [1.82, 2.24) is 4.57 Å². The molecule has 0 saturated heterocycles. The summed E-state index contributed by atoms with van der Waals surface area (Å²) in [6.07, 6.45) is 8.02. The SMILES string of the molecule is C/C=C\c1c(C)c(C)c(CCC)n1CCC. The van der Waals surface area contributed by atoms with Crippen molar-refractivity contribution in [2.24, 2.45) is 0 Å². The number of hydrogen-bond donors (Lipinski definition) is 0. The Morgan fingerprint density at radius 2 is 1.75 bits per heavy atom. The van der Waals surface area contributed by atoms with Crippen molar-refractivity contribution in [3.8, 4) is 0 Å². The molecule has 1 aromatic heterocycles. The van der Waals surface area contributed by atoms with Gasteiger partial charge < -0.3 is 4.57 Å². The molecule has 0 aromatic carbocycles. The summed E-state index contributed by atoms with van der Waals surface area (Å²) >= 11 is 0. The van der Waals surface area contributed by atoms with Gasteiger partial charge in [-0.2, -0.15) is 0 Å². The summed E-state index contributed by atoms with van der Waals surface area (Å²) in [7, 11) is 0. The van der Waals surface area contributed by atoms with Crippen LogP contribution in [0.1, 0.15) is 56.1 Å². The van der Waals surface area contributed by atoms with Gasteiger partial charge >= 0.3 is 0 Å². The molecule has 0 aliphatic heterocycles. The molecule has 0 atom stereocenters. The van der Waals surface area contributed by atoms with E-state index in [0.717, 1.165) is 6.54 Å². The van der Waals surface area contributed by atoms with Crippen molar-refractivity contribution >= 4 is 6.08 Å². The van der Waals surface area contributed by atoms with E-state index in [0.29, 0.717) is 0 Å². The summed E-state index contributed by atoms with van der Waals surface area (Å²) < 4.78 is 2.51. The van der Waals surface area contributed by atoms with E-state index in [9.17, 15) is 0 Å². The highest BCUT2D eigenvalue weighted by atomic mass is 15.0. The van der Waals surface area contributed by atoms with Crippen molar-refractivity contribution in [2.45, 2.75) is 60.4 Å². The van der Waals surface area contributed by atoms with Crippen LogP contribution in [0.2, 0.25) is 0 Å². The van der Waals surface area contributed by atoms with Gasteiger partial charge in [0, 0.05) is 17.9 Å². The highest BCUT2D eigenvalue weighted by molar-refractivity contribution is 5.55. The molecule has 1 aromatic rings. The van der Waals surface area contributed by atoms with E-state index in [1.54, 1.807) is 0 Å². The smallest absolute Gasteiger partial charge is 0.0438 e. The second kappa shape index (κ2) is 5.93. The van der Waals surface area contributed by atoms with E-state index >= 15 is 0 Å². The number of hydrogen-bond acceptors (Lipinski definition) is 0. The van der Waals surface area contributed by atoms with E-state index in [-0.39, 0.29) is 0 Å². The Bertz CT molecular complexity index is 369. The van der Waals surface area contributed by atoms with Crippen molar-refractivity contribution in [3.05, 3.63) is 28.6 Å². The molecule has 90 valence electrons. The summed E-state index contributed by atoms with van der Waals surface area (Å²) in [5.41, 5.74) is 5.89. The summed E-state index contributed by atoms with van der Waals surface area (Å²) in [6.45, 7) is 12.3. The fraction of sp³-hybridized carbons (Fsp3) is 0.600. The van der Waals surface area contributed by atoms with Crippen molar-refractivity contribution in [3.63, 3.8) is 0 Å². The molecule has 0 spiro atoms. The van der Waals surface area contributed by atoms with Gasteiger partial charge in [0.15, 0.2) is 0 Å². The number of nitrogens with zero attached hydrogens (tertiary/aromatic N) is 1. The maximum atomic E-state index is 2.51. The maximum Gasteiger partial charge on any atom is 0.0438 e. The molecule has 1 rings (SSSR count). The minimum Gasteiger partial charge on any atom is -0.345 e. The Morgan fingerprint density at radius 1 is 1.06 bits per heavy atom. The first-order valence-corrected chi connectivity index (χ1v) is 6.48. The standard InChI is InChI=1S/C15H25N/c1-6-9-14-12(4)13(5)15(10-7-2)16(14)11-8-3/h6,9H,7-8,10-11H2,1-5H3/b9-6-. The molecular weight excluding hydrogens is 194 g/mol. The van der Waals surface area contributed by atoms with Gasteiger partial charge in [0.25, 0.3) is 0 Å². The van der Waals surface area contributed by atoms with Gasteiger partial charge in [0.05, 0.1) is 0 Å². The minimum atomic E-state index is 1.14. The lowest BCUT2D eigenvalue weighted by atomic mass is 10.1. The lowest BCUT2D eigenvalue weighted by Crippen LogP contribution is -2.05. The molecule has 0 saturated carbocycles. The van der Waals surface area contributed by atoms with Crippen LogP contribution in [-0.2, 0) is 13.0 Å². The quantitative estimate of drug-likeness (QED) is 0.687. The molecule has 16 heavy (non-hydrogen) atoms. The van der Waals surface area contributed by atoms with Gasteiger partial charge in [0.2, 0.25) is 0 Å². The molecule has 0 N–H and O–H groups in total. The molecule has 0 aliphatic rings. The van der Waals surface area contributed by atoms with Gasteiger partial charge in [-0.3, -0.25) is 0 Å². The zero-order valence-electron chi connectivity index (χ0n) is 11.4. The molecule has 1 heterocycles. The third-order valence-electron chi connectivity index (χ3n) is 3.25. The maximum absolute atomic E-state index is 2.51. The molecule has 0 radical (unpaired) electrons. The van der Waals surface area contributed by atoms with Gasteiger partial charge in [0.1, 0.15) is 0 Å². The Balaban J connectivity index is 3.29. The van der Waals surface area contributed by atoms with Crippen LogP contribution in [0.5, 0.6) is 0 Å². The topological polar surface area (TPSA) is 4.93 Å². The molecule has 1 nitrogen and oxygen atoms in total. The highest BCUT2D eigenvalue weighted by Gasteiger charge is 2.13. The summed E-state index contributed by atoms with van der Waals surface area (Å²) in [4.78, 5) is 0. The van der Waals surface area contributed by atoms with Crippen LogP contribution in [0.3, 0.4) is 0 Å². The lowest BCUT2D eigenvalue weighted by Gasteiger charge is -2.10. The highest BCUT2D eigenvalue weighted by Crippen LogP contribution is 2.24. The second-order valence-electron chi connectivity index (χ2n) is 4.48. The Morgan fingerprint density at radius 3 is 2.25 bits per heavy atom. The van der Waals surface area contributed by atoms with Crippen LogP contribution in [0.25, 0.3) is 6.08 Å². The minimum absolute atomic E-state index is 1.14. The predicted octanol–water partition coefficient (Wildman–Crippen LogP) is 4.50. The molecule has 0 aliphatic carbocycles. The Hall–Kier alpha value is -0.980. The average molecular weight is 219 g/mol. The van der Waals surface area contributed by atoms with E-state index in [2.05, 4.69) is 51.3 Å². The molecule has 0 amide bonds. The van der Waals surface area contributed by atoms with Crippen LogP contribution in [-0.4, -0.2) is 4.57 Å². The Kier molecular flexibility index (Phi) is 4.85. The number of allylic oxidation sites excluding steroid dienone is 1. The van der Waals surface area contributed by atoms with Gasteiger partial charge in [-0.25, -0.2) is 0 Å². The molecule has 0 unspecified atom stereocenters. The third kappa shape index (κ3) is 2.40. The molecule has 0 fully saturated rings. The summed E-state index contributed by atoms with van der Waals surface area (Å²) in [5, 5.41) is 0. The van der Waals surface area contributed by atoms with Crippen molar-refractivity contribution in [1.29, 1.82) is 0 Å². The lowest BCUT2D eigenvalue weighted by molar-refractivity contribution is 0.635. The van der Waals surface area contributed by atoms with Crippen LogP contribution in [0.4, 0.5) is 0 Å². The fourth-order valence-corrected chi connectivity index (χ4v) is 2.37. The van der Waals surface area contributed by atoms with Crippen LogP contribution >= 0.6 is 0 Å². The van der Waals surface area contributed by atoms with E-state index in [1.807, 2.05) is 0 Å². The largest absolute Gasteiger partial charge is 0.345 e. The molecule has 0 bridgehead atoms. The summed E-state index contributed by atoms with van der Waals surface area (Å²) in [5.74, 6) is 0. The normalized spacial score (nSPS) is 11.6. The number of rotatable bonds is 5. The van der Waals surface area contributed by atoms with Gasteiger partial charge in [-0.15, -0.1) is 0 Å². The van der Waals surface area contributed by atoms with E-state index in [1.165, 1.54) is 41.8 Å². The first kappa shape index (κ1) is 13.1. The molecular formula is C15H25N. The van der Waals surface area contributed by atoms with Gasteiger partial charge in [-0.1, -0.05) is 26.3 Å². The van der Waals surface area contributed by atoms with Gasteiger partial charge in [-0.05, 0) is 50.8 Å². The van der Waals surface area contributed by atoms with Crippen LogP contribution in [0.15, 0.2) is 6.08 Å². The monoisotopic (exact) mass is 219 g/mol. The predicted molar refractivity (Wildman–Crippen MR) is 72.9 cm³/mol. The fourth-order valence-electron chi connectivity index (χ4n) is 2.37.